The summed E-state index contributed by atoms with van der Waals surface area (Å²) in [6, 6.07) is -0.442. The molecule has 12 heavy (non-hydrogen) atoms. The zero-order valence-electron chi connectivity index (χ0n) is 7.96. The predicted molar refractivity (Wildman–Crippen MR) is 46.1 cm³/mol. The molecule has 0 aliphatic rings. The maximum Gasteiger partial charge on any atom is 0.404 e. The molecule has 0 saturated carbocycles. The highest BCUT2D eigenvalue weighted by Crippen LogP contribution is 2.21. The minimum absolute atomic E-state index is 0.304. The third-order valence-electron chi connectivity index (χ3n) is 1.71. The van der Waals surface area contributed by atoms with Crippen LogP contribution in [0, 0.1) is 5.41 Å². The lowest BCUT2D eigenvalue weighted by molar-refractivity contribution is 0.0348. The molecular weight excluding hydrogens is 158 g/mol. The van der Waals surface area contributed by atoms with E-state index in [1.54, 1.807) is 6.92 Å². The molecule has 0 aliphatic heterocycles. The van der Waals surface area contributed by atoms with Gasteiger partial charge in [0, 0.05) is 0 Å². The molecule has 0 radical (unpaired) electrons. The van der Waals surface area contributed by atoms with Gasteiger partial charge in [-0.3, -0.25) is 0 Å². The van der Waals surface area contributed by atoms with Gasteiger partial charge >= 0.3 is 6.09 Å². The summed E-state index contributed by atoms with van der Waals surface area (Å²) in [7, 11) is 0. The van der Waals surface area contributed by atoms with Crippen LogP contribution in [0.1, 0.15) is 27.7 Å². The molecule has 0 aromatic rings. The lowest BCUT2D eigenvalue weighted by Gasteiger charge is -2.30. The molecular formula is C8H17NO3. The Balaban J connectivity index is 4.10. The van der Waals surface area contributed by atoms with Crippen molar-refractivity contribution in [3.05, 3.63) is 0 Å². The molecule has 0 spiro atoms. The summed E-state index contributed by atoms with van der Waals surface area (Å²) >= 11 is 0. The Morgan fingerprint density at radius 2 is 1.83 bits per heavy atom. The second kappa shape index (κ2) is 3.76. The highest BCUT2D eigenvalue weighted by Gasteiger charge is 2.28. The molecule has 1 amide bonds. The van der Waals surface area contributed by atoms with Crippen LogP contribution in [0.2, 0.25) is 0 Å². The molecule has 0 aromatic carbocycles. The fourth-order valence-electron chi connectivity index (χ4n) is 1.02. The number of hydrogen-bond donors (Lipinski definition) is 3. The summed E-state index contributed by atoms with van der Waals surface area (Å²) in [5.74, 6) is 0. The van der Waals surface area contributed by atoms with Crippen molar-refractivity contribution >= 4 is 6.09 Å². The van der Waals surface area contributed by atoms with Crippen molar-refractivity contribution in [1.82, 2.24) is 5.32 Å². The SMILES string of the molecule is CC(NC(=O)O)C(O)C(C)(C)C. The van der Waals surface area contributed by atoms with Crippen molar-refractivity contribution in [2.75, 3.05) is 0 Å². The zero-order chi connectivity index (χ0) is 9.94. The summed E-state index contributed by atoms with van der Waals surface area (Å²) in [5, 5.41) is 20.2. The van der Waals surface area contributed by atoms with Crippen LogP contribution in [-0.4, -0.2) is 28.5 Å². The molecule has 0 heterocycles. The summed E-state index contributed by atoms with van der Waals surface area (Å²) in [6.45, 7) is 7.22. The molecule has 0 saturated heterocycles. The highest BCUT2D eigenvalue weighted by molar-refractivity contribution is 5.64. The van der Waals surface area contributed by atoms with Crippen LogP contribution in [0.15, 0.2) is 0 Å². The van der Waals surface area contributed by atoms with Crippen LogP contribution in [0.3, 0.4) is 0 Å². The van der Waals surface area contributed by atoms with Gasteiger partial charge in [0.15, 0.2) is 0 Å². The van der Waals surface area contributed by atoms with Gasteiger partial charge in [0.05, 0.1) is 12.1 Å². The topological polar surface area (TPSA) is 69.6 Å². The van der Waals surface area contributed by atoms with Gasteiger partial charge in [-0.05, 0) is 12.3 Å². The number of rotatable bonds is 2. The number of carbonyl (C=O) groups is 1. The molecule has 4 nitrogen and oxygen atoms in total. The molecule has 0 aliphatic carbocycles. The average molecular weight is 175 g/mol. The molecule has 2 unspecified atom stereocenters. The van der Waals surface area contributed by atoms with E-state index in [-0.39, 0.29) is 5.41 Å². The Bertz CT molecular complexity index is 162. The largest absolute Gasteiger partial charge is 0.465 e. The van der Waals surface area contributed by atoms with E-state index in [4.69, 9.17) is 5.11 Å². The third-order valence-corrected chi connectivity index (χ3v) is 1.71. The maximum atomic E-state index is 10.2. The molecule has 3 N–H and O–H groups in total. The van der Waals surface area contributed by atoms with Gasteiger partial charge < -0.3 is 15.5 Å². The highest BCUT2D eigenvalue weighted by atomic mass is 16.4. The molecule has 2 atom stereocenters. The van der Waals surface area contributed by atoms with Crippen molar-refractivity contribution in [2.24, 2.45) is 5.41 Å². The zero-order valence-corrected chi connectivity index (χ0v) is 7.96. The van der Waals surface area contributed by atoms with Gasteiger partial charge in [-0.1, -0.05) is 20.8 Å². The summed E-state index contributed by atoms with van der Waals surface area (Å²) in [4.78, 5) is 10.2. The number of hydrogen-bond acceptors (Lipinski definition) is 2. The Morgan fingerprint density at radius 1 is 1.42 bits per heavy atom. The van der Waals surface area contributed by atoms with Crippen LogP contribution in [-0.2, 0) is 0 Å². The Labute approximate surface area is 72.6 Å². The first-order valence-electron chi connectivity index (χ1n) is 3.92. The smallest absolute Gasteiger partial charge is 0.404 e. The van der Waals surface area contributed by atoms with E-state index < -0.39 is 18.2 Å². The summed E-state index contributed by atoms with van der Waals surface area (Å²) in [6.07, 6.45) is -1.78. The van der Waals surface area contributed by atoms with Gasteiger partial charge in [-0.15, -0.1) is 0 Å². The lowest BCUT2D eigenvalue weighted by atomic mass is 9.85. The van der Waals surface area contributed by atoms with E-state index in [1.807, 2.05) is 20.8 Å². The Hall–Kier alpha value is -0.770. The number of carboxylic acid groups (broad SMARTS) is 1. The minimum atomic E-state index is -1.11. The standard InChI is InChI=1S/C8H17NO3/c1-5(9-7(11)12)6(10)8(2,3)4/h5-6,9-10H,1-4H3,(H,11,12). The Morgan fingerprint density at radius 3 is 2.08 bits per heavy atom. The van der Waals surface area contributed by atoms with Crippen LogP contribution >= 0.6 is 0 Å². The second-order valence-corrected chi connectivity index (χ2v) is 4.05. The monoisotopic (exact) mass is 175 g/mol. The average Bonchev–Trinajstić information content (AvgIpc) is 1.82. The van der Waals surface area contributed by atoms with Crippen molar-refractivity contribution in [2.45, 2.75) is 39.8 Å². The quantitative estimate of drug-likeness (QED) is 0.587. The van der Waals surface area contributed by atoms with Gasteiger partial charge in [0.2, 0.25) is 0 Å². The first-order chi connectivity index (χ1) is 5.25. The number of amides is 1. The Kier molecular flexibility index (Phi) is 3.52. The van der Waals surface area contributed by atoms with Crippen molar-refractivity contribution in [3.63, 3.8) is 0 Å². The third kappa shape index (κ3) is 3.57. The fraction of sp³-hybridized carbons (Fsp3) is 0.875. The number of aliphatic hydroxyl groups excluding tert-OH is 1. The van der Waals surface area contributed by atoms with Crippen molar-refractivity contribution in [1.29, 1.82) is 0 Å². The van der Waals surface area contributed by atoms with E-state index >= 15 is 0 Å². The van der Waals surface area contributed by atoms with E-state index in [9.17, 15) is 9.90 Å². The molecule has 4 heteroatoms. The van der Waals surface area contributed by atoms with E-state index in [0.717, 1.165) is 0 Å². The molecule has 0 fully saturated rings. The summed E-state index contributed by atoms with van der Waals surface area (Å²) in [5.41, 5.74) is -0.304. The van der Waals surface area contributed by atoms with Crippen molar-refractivity contribution in [3.8, 4) is 0 Å². The van der Waals surface area contributed by atoms with Crippen LogP contribution in [0.5, 0.6) is 0 Å². The van der Waals surface area contributed by atoms with Gasteiger partial charge in [-0.2, -0.15) is 0 Å². The summed E-state index contributed by atoms with van der Waals surface area (Å²) < 4.78 is 0. The first-order valence-corrected chi connectivity index (χ1v) is 3.92. The molecule has 0 bridgehead atoms. The minimum Gasteiger partial charge on any atom is -0.465 e. The van der Waals surface area contributed by atoms with Crippen LogP contribution in [0.25, 0.3) is 0 Å². The lowest BCUT2D eigenvalue weighted by Crippen LogP contribution is -2.46. The van der Waals surface area contributed by atoms with Gasteiger partial charge in [0.1, 0.15) is 0 Å². The normalized spacial score (nSPS) is 16.8. The van der Waals surface area contributed by atoms with E-state index in [2.05, 4.69) is 5.32 Å². The number of aliphatic hydroxyl groups is 1. The fourth-order valence-corrected chi connectivity index (χ4v) is 1.02. The number of nitrogens with one attached hydrogen (secondary N) is 1. The molecule has 0 aromatic heterocycles. The van der Waals surface area contributed by atoms with Crippen LogP contribution in [0.4, 0.5) is 4.79 Å². The predicted octanol–water partition coefficient (Wildman–Crippen LogP) is 1.05. The van der Waals surface area contributed by atoms with E-state index in [1.165, 1.54) is 0 Å². The van der Waals surface area contributed by atoms with Crippen molar-refractivity contribution < 1.29 is 15.0 Å². The maximum absolute atomic E-state index is 10.2. The second-order valence-electron chi connectivity index (χ2n) is 4.05. The van der Waals surface area contributed by atoms with Gasteiger partial charge in [-0.25, -0.2) is 4.79 Å². The van der Waals surface area contributed by atoms with E-state index in [0.29, 0.717) is 0 Å². The first kappa shape index (κ1) is 11.2. The molecule has 0 rings (SSSR count). The van der Waals surface area contributed by atoms with Crippen LogP contribution < -0.4 is 5.32 Å². The van der Waals surface area contributed by atoms with Gasteiger partial charge in [0.25, 0.3) is 0 Å². The molecule has 72 valence electrons.